The molecule has 3 rings (SSSR count). The molecule has 2 N–H and O–H groups in total. The molecule has 0 saturated carbocycles. The second-order valence-electron chi connectivity index (χ2n) is 6.79. The van der Waals surface area contributed by atoms with Crippen LogP contribution in [-0.4, -0.2) is 60.1 Å². The Kier molecular flexibility index (Phi) is 5.91. The number of carbonyl (C=O) groups is 1. The van der Waals surface area contributed by atoms with Gasteiger partial charge in [0.2, 0.25) is 0 Å². The highest BCUT2D eigenvalue weighted by atomic mass is 19.4. The van der Waals surface area contributed by atoms with E-state index >= 15 is 0 Å². The monoisotopic (exact) mass is 408 g/mol. The van der Waals surface area contributed by atoms with Crippen LogP contribution >= 0.6 is 0 Å². The number of rotatable bonds is 4. The van der Waals surface area contributed by atoms with Crippen LogP contribution in [0.2, 0.25) is 0 Å². The highest BCUT2D eigenvalue weighted by molar-refractivity contribution is 5.95. The quantitative estimate of drug-likeness (QED) is 0.800. The average molecular weight is 408 g/mol. The number of halogens is 3. The zero-order valence-corrected chi connectivity index (χ0v) is 15.5. The van der Waals surface area contributed by atoms with Crippen molar-refractivity contribution in [3.8, 4) is 6.07 Å². The first kappa shape index (κ1) is 20.8. The van der Waals surface area contributed by atoms with E-state index in [2.05, 4.69) is 16.4 Å². The summed E-state index contributed by atoms with van der Waals surface area (Å²) in [5.74, 6) is -0.735. The largest absolute Gasteiger partial charge is 0.416 e. The number of amides is 1. The number of nitriles is 1. The number of aromatic nitrogens is 1. The maximum absolute atomic E-state index is 12.4. The number of aliphatic hydroxyl groups excluding tert-OH is 1. The number of hydrogen-bond acceptors (Lipinski definition) is 6. The van der Waals surface area contributed by atoms with Crippen molar-refractivity contribution in [1.29, 1.82) is 5.26 Å². The van der Waals surface area contributed by atoms with Gasteiger partial charge in [-0.1, -0.05) is 0 Å². The van der Waals surface area contributed by atoms with Crippen molar-refractivity contribution < 1.29 is 27.8 Å². The van der Waals surface area contributed by atoms with Crippen LogP contribution in [0.1, 0.15) is 12.5 Å². The minimum Gasteiger partial charge on any atom is -0.382 e. The number of pyridine rings is 1. The Morgan fingerprint density at radius 2 is 2.21 bits per heavy atom. The Labute approximate surface area is 164 Å². The molecule has 1 aliphatic heterocycles. The Hall–Kier alpha value is -2.90. The summed E-state index contributed by atoms with van der Waals surface area (Å²) in [6, 6.07) is 9.03. The van der Waals surface area contributed by atoms with Gasteiger partial charge in [-0.2, -0.15) is 18.4 Å². The molecule has 0 bridgehead atoms. The predicted molar refractivity (Wildman–Crippen MR) is 98.1 cm³/mol. The summed E-state index contributed by atoms with van der Waals surface area (Å²) in [6.07, 6.45) is -7.25. The topological polar surface area (TPSA) is 98.5 Å². The van der Waals surface area contributed by atoms with Crippen molar-refractivity contribution in [2.45, 2.75) is 31.4 Å². The van der Waals surface area contributed by atoms with E-state index in [1.807, 2.05) is 11.0 Å². The van der Waals surface area contributed by atoms with E-state index in [9.17, 15) is 23.2 Å². The molecule has 2 heterocycles. The zero-order valence-electron chi connectivity index (χ0n) is 15.5. The fourth-order valence-corrected chi connectivity index (χ4v) is 3.24. The molecule has 29 heavy (non-hydrogen) atoms. The molecule has 1 saturated heterocycles. The van der Waals surface area contributed by atoms with E-state index in [0.717, 1.165) is 11.1 Å². The molecule has 0 unspecified atom stereocenters. The van der Waals surface area contributed by atoms with Gasteiger partial charge in [-0.3, -0.25) is 9.78 Å². The van der Waals surface area contributed by atoms with Crippen LogP contribution in [0.3, 0.4) is 0 Å². The number of carbonyl (C=O) groups excluding carboxylic acids is 1. The molecule has 1 aromatic carbocycles. The number of anilines is 1. The van der Waals surface area contributed by atoms with Gasteiger partial charge in [0, 0.05) is 23.8 Å². The summed E-state index contributed by atoms with van der Waals surface area (Å²) in [6.45, 7) is 1.36. The lowest BCUT2D eigenvalue weighted by atomic mass is 10.1. The first-order valence-corrected chi connectivity index (χ1v) is 8.91. The number of nitrogens with zero attached hydrogens (tertiary/aromatic N) is 3. The van der Waals surface area contributed by atoms with Crippen molar-refractivity contribution in [2.24, 2.45) is 0 Å². The van der Waals surface area contributed by atoms with Crippen LogP contribution in [0.25, 0.3) is 10.9 Å². The van der Waals surface area contributed by atoms with Gasteiger partial charge in [-0.15, -0.1) is 0 Å². The number of nitrogens with one attached hydrogen (secondary N) is 1. The standard InChI is InChI=1S/C19H19F3N4O3/c1-11-9-26(10-15(29-11)18(28)25-8-16(27)19(20,21)22)14-5-4-12(7-23)17-13(14)3-2-6-24-17/h2-6,11,15-16,27H,8-10H2,1H3,(H,25,28)/t11-,15-,16+/m1/s1. The molecular formula is C19H19F3N4O3. The molecule has 1 aliphatic rings. The summed E-state index contributed by atoms with van der Waals surface area (Å²) in [5, 5.41) is 21.2. The Balaban J connectivity index is 1.80. The van der Waals surface area contributed by atoms with Crippen molar-refractivity contribution in [2.75, 3.05) is 24.5 Å². The maximum Gasteiger partial charge on any atom is 0.416 e. The molecule has 0 aliphatic carbocycles. The third-order valence-corrected chi connectivity index (χ3v) is 4.61. The molecule has 1 amide bonds. The van der Waals surface area contributed by atoms with Crippen LogP contribution in [-0.2, 0) is 9.53 Å². The SMILES string of the molecule is C[C@@H]1CN(c2ccc(C#N)c3ncccc23)C[C@H](C(=O)NC[C@H](O)C(F)(F)F)O1. The Morgan fingerprint density at radius 1 is 1.45 bits per heavy atom. The summed E-state index contributed by atoms with van der Waals surface area (Å²) in [4.78, 5) is 18.5. The molecule has 2 aromatic rings. The average Bonchev–Trinajstić information content (AvgIpc) is 2.69. The third kappa shape index (κ3) is 4.58. The predicted octanol–water partition coefficient (Wildman–Crippen LogP) is 1.74. The van der Waals surface area contributed by atoms with Crippen molar-refractivity contribution in [1.82, 2.24) is 10.3 Å². The van der Waals surface area contributed by atoms with Gasteiger partial charge < -0.3 is 20.1 Å². The van der Waals surface area contributed by atoms with Crippen LogP contribution in [0, 0.1) is 11.3 Å². The second-order valence-corrected chi connectivity index (χ2v) is 6.79. The molecule has 1 aromatic heterocycles. The summed E-state index contributed by atoms with van der Waals surface area (Å²) in [5.41, 5.74) is 1.69. The van der Waals surface area contributed by atoms with Crippen LogP contribution in [0.5, 0.6) is 0 Å². The van der Waals surface area contributed by atoms with E-state index in [1.165, 1.54) is 0 Å². The lowest BCUT2D eigenvalue weighted by Crippen LogP contribution is -2.54. The van der Waals surface area contributed by atoms with Gasteiger partial charge in [0.05, 0.1) is 30.3 Å². The number of aliphatic hydroxyl groups is 1. The fraction of sp³-hybridized carbons (Fsp3) is 0.421. The summed E-state index contributed by atoms with van der Waals surface area (Å²) in [7, 11) is 0. The number of fused-ring (bicyclic) bond motifs is 1. The minimum absolute atomic E-state index is 0.105. The molecule has 7 nitrogen and oxygen atoms in total. The second kappa shape index (κ2) is 8.23. The number of ether oxygens (including phenoxy) is 1. The van der Waals surface area contributed by atoms with E-state index in [0.29, 0.717) is 17.6 Å². The van der Waals surface area contributed by atoms with Gasteiger partial charge in [0.1, 0.15) is 6.07 Å². The number of alkyl halides is 3. The van der Waals surface area contributed by atoms with Crippen LogP contribution in [0.4, 0.5) is 18.9 Å². The van der Waals surface area contributed by atoms with E-state index in [4.69, 9.17) is 9.84 Å². The van der Waals surface area contributed by atoms with Crippen molar-refractivity contribution >= 4 is 22.5 Å². The van der Waals surface area contributed by atoms with Gasteiger partial charge in [-0.25, -0.2) is 0 Å². The Morgan fingerprint density at radius 3 is 2.90 bits per heavy atom. The molecule has 3 atom stereocenters. The van der Waals surface area contributed by atoms with E-state index in [-0.39, 0.29) is 12.6 Å². The molecule has 0 radical (unpaired) electrons. The molecule has 0 spiro atoms. The highest BCUT2D eigenvalue weighted by Gasteiger charge is 2.39. The summed E-state index contributed by atoms with van der Waals surface area (Å²) >= 11 is 0. The van der Waals surface area contributed by atoms with Crippen LogP contribution in [0.15, 0.2) is 30.5 Å². The molecular weight excluding hydrogens is 389 g/mol. The number of hydrogen-bond donors (Lipinski definition) is 2. The van der Waals surface area contributed by atoms with E-state index < -0.39 is 30.8 Å². The third-order valence-electron chi connectivity index (χ3n) is 4.61. The number of morpholine rings is 1. The first-order valence-electron chi connectivity index (χ1n) is 8.91. The zero-order chi connectivity index (χ0) is 21.2. The van der Waals surface area contributed by atoms with Crippen molar-refractivity contribution in [3.63, 3.8) is 0 Å². The Bertz CT molecular complexity index is 944. The van der Waals surface area contributed by atoms with Crippen LogP contribution < -0.4 is 10.2 Å². The maximum atomic E-state index is 12.4. The van der Waals surface area contributed by atoms with Crippen molar-refractivity contribution in [3.05, 3.63) is 36.0 Å². The van der Waals surface area contributed by atoms with Gasteiger partial charge >= 0.3 is 6.18 Å². The first-order chi connectivity index (χ1) is 13.7. The van der Waals surface area contributed by atoms with E-state index in [1.54, 1.807) is 31.3 Å². The molecule has 154 valence electrons. The molecule has 10 heteroatoms. The smallest absolute Gasteiger partial charge is 0.382 e. The lowest BCUT2D eigenvalue weighted by Gasteiger charge is -2.38. The number of benzene rings is 1. The lowest BCUT2D eigenvalue weighted by molar-refractivity contribution is -0.202. The fourth-order valence-electron chi connectivity index (χ4n) is 3.24. The molecule has 1 fully saturated rings. The van der Waals surface area contributed by atoms with Gasteiger partial charge in [0.15, 0.2) is 12.2 Å². The summed E-state index contributed by atoms with van der Waals surface area (Å²) < 4.78 is 42.9. The van der Waals surface area contributed by atoms with Gasteiger partial charge in [0.25, 0.3) is 5.91 Å². The normalized spacial score (nSPS) is 20.9. The minimum atomic E-state index is -4.81. The van der Waals surface area contributed by atoms with Gasteiger partial charge in [-0.05, 0) is 31.2 Å². The highest BCUT2D eigenvalue weighted by Crippen LogP contribution is 2.30.